The molecule has 1 heterocycles. The predicted octanol–water partition coefficient (Wildman–Crippen LogP) is 0.888. The van der Waals surface area contributed by atoms with Crippen LogP contribution in [0.15, 0.2) is 39.9 Å². The van der Waals surface area contributed by atoms with Gasteiger partial charge in [0.05, 0.1) is 6.54 Å². The number of nitrogens with two attached hydrogens (primary N) is 1. The molecule has 7 nitrogen and oxygen atoms in total. The number of aromatic amines is 1. The molecule has 128 valence electrons. The van der Waals surface area contributed by atoms with Gasteiger partial charge in [0.2, 0.25) is 0 Å². The Balaban J connectivity index is 2.43. The number of nitrogens with zero attached hydrogens (tertiary/aromatic N) is 2. The lowest BCUT2D eigenvalue weighted by Crippen LogP contribution is -2.43. The molecule has 0 radical (unpaired) electrons. The third-order valence-electron chi connectivity index (χ3n) is 3.56. The Kier molecular flexibility index (Phi) is 5.75. The van der Waals surface area contributed by atoms with E-state index >= 15 is 0 Å². The zero-order valence-electron chi connectivity index (χ0n) is 13.7. The van der Waals surface area contributed by atoms with E-state index in [0.717, 1.165) is 12.0 Å². The Hall–Kier alpha value is -2.61. The van der Waals surface area contributed by atoms with E-state index in [1.165, 1.54) is 9.47 Å². The Morgan fingerprint density at radius 1 is 1.33 bits per heavy atom. The second-order valence-corrected chi connectivity index (χ2v) is 5.74. The van der Waals surface area contributed by atoms with Crippen molar-refractivity contribution < 1.29 is 0 Å². The largest absolute Gasteiger partial charge is 0.383 e. The van der Waals surface area contributed by atoms with Gasteiger partial charge in [-0.1, -0.05) is 37.3 Å². The quantitative estimate of drug-likeness (QED) is 0.695. The molecule has 0 unspecified atom stereocenters. The summed E-state index contributed by atoms with van der Waals surface area (Å²) < 4.78 is 1.32. The summed E-state index contributed by atoms with van der Waals surface area (Å²) in [5.74, 6) is 0.0794. The number of anilines is 2. The van der Waals surface area contributed by atoms with Crippen LogP contribution in [-0.2, 0) is 6.54 Å². The van der Waals surface area contributed by atoms with Crippen LogP contribution in [0.2, 0.25) is 0 Å². The number of nitrogen functional groups attached to an aromatic ring is 1. The maximum atomic E-state index is 12.2. The topological polar surface area (TPSA) is 96.2 Å². The predicted molar refractivity (Wildman–Crippen MR) is 101 cm³/mol. The molecule has 1 aromatic carbocycles. The first kappa shape index (κ1) is 17.7. The van der Waals surface area contributed by atoms with Crippen LogP contribution in [0.3, 0.4) is 0 Å². The van der Waals surface area contributed by atoms with Gasteiger partial charge in [-0.15, -0.1) is 0 Å². The van der Waals surface area contributed by atoms with Crippen LogP contribution in [0.1, 0.15) is 18.9 Å². The van der Waals surface area contributed by atoms with Crippen LogP contribution in [0.25, 0.3) is 0 Å². The van der Waals surface area contributed by atoms with Crippen molar-refractivity contribution in [2.24, 2.45) is 0 Å². The molecule has 0 amide bonds. The van der Waals surface area contributed by atoms with E-state index in [1.54, 1.807) is 7.05 Å². The van der Waals surface area contributed by atoms with Crippen LogP contribution in [0.4, 0.5) is 11.5 Å². The maximum Gasteiger partial charge on any atom is 0.330 e. The highest BCUT2D eigenvalue weighted by Gasteiger charge is 2.18. The number of hydrogen-bond acceptors (Lipinski definition) is 4. The molecule has 8 heteroatoms. The maximum absolute atomic E-state index is 12.2. The number of rotatable bonds is 5. The minimum Gasteiger partial charge on any atom is -0.383 e. The normalized spacial score (nSPS) is 10.4. The summed E-state index contributed by atoms with van der Waals surface area (Å²) >= 11 is 5.27. The average Bonchev–Trinajstić information content (AvgIpc) is 2.57. The van der Waals surface area contributed by atoms with E-state index in [9.17, 15) is 9.59 Å². The highest BCUT2D eigenvalue weighted by molar-refractivity contribution is 7.80. The van der Waals surface area contributed by atoms with E-state index in [0.29, 0.717) is 11.7 Å². The van der Waals surface area contributed by atoms with Crippen molar-refractivity contribution in [3.8, 4) is 0 Å². The molecule has 0 aliphatic carbocycles. The van der Waals surface area contributed by atoms with Crippen molar-refractivity contribution in [2.75, 3.05) is 24.2 Å². The van der Waals surface area contributed by atoms with Gasteiger partial charge < -0.3 is 16.0 Å². The van der Waals surface area contributed by atoms with Gasteiger partial charge in [-0.2, -0.15) is 0 Å². The molecule has 2 rings (SSSR count). The number of hydrogen-bond donors (Lipinski definition) is 3. The molecular weight excluding hydrogens is 326 g/mol. The van der Waals surface area contributed by atoms with E-state index in [1.807, 2.05) is 37.3 Å². The lowest BCUT2D eigenvalue weighted by molar-refractivity contribution is 0.731. The first-order valence-corrected chi connectivity index (χ1v) is 8.04. The molecule has 0 fully saturated rings. The van der Waals surface area contributed by atoms with Crippen molar-refractivity contribution in [3.05, 3.63) is 56.7 Å². The van der Waals surface area contributed by atoms with Gasteiger partial charge in [-0.3, -0.25) is 14.3 Å². The molecular formula is C16H21N5O2S. The van der Waals surface area contributed by atoms with E-state index in [4.69, 9.17) is 18.0 Å². The monoisotopic (exact) mass is 347 g/mol. The summed E-state index contributed by atoms with van der Waals surface area (Å²) in [6, 6.07) is 9.40. The Morgan fingerprint density at radius 3 is 2.62 bits per heavy atom. The number of nitrogens with one attached hydrogen (secondary N) is 2. The van der Waals surface area contributed by atoms with Gasteiger partial charge in [0.15, 0.2) is 5.11 Å². The van der Waals surface area contributed by atoms with Gasteiger partial charge in [0.25, 0.3) is 5.56 Å². The molecule has 0 aliphatic heterocycles. The Bertz CT molecular complexity index is 829. The highest BCUT2D eigenvalue weighted by atomic mass is 32.1. The molecule has 4 N–H and O–H groups in total. The summed E-state index contributed by atoms with van der Waals surface area (Å²) in [4.78, 5) is 28.1. The van der Waals surface area contributed by atoms with E-state index in [-0.39, 0.29) is 18.1 Å². The standard InChI is InChI=1S/C16H21N5O2S/c1-3-9-18-16(24)20(2)12-13(17)21(15(23)19-14(12)22)10-11-7-5-4-6-8-11/h4-8H,3,9-10,17H2,1-2H3,(H,18,24)(H,19,22,23). The number of thiocarbonyl (C=S) groups is 1. The van der Waals surface area contributed by atoms with Gasteiger partial charge >= 0.3 is 5.69 Å². The third kappa shape index (κ3) is 3.83. The zero-order chi connectivity index (χ0) is 17.7. The number of benzene rings is 1. The number of H-pyrrole nitrogens is 1. The Labute approximate surface area is 145 Å². The SMILES string of the molecule is CCCNC(=S)N(C)c1c(N)n(Cc2ccccc2)c(=O)[nH]c1=O. The number of aromatic nitrogens is 2. The summed E-state index contributed by atoms with van der Waals surface area (Å²) in [5.41, 5.74) is 6.05. The van der Waals surface area contributed by atoms with Crippen molar-refractivity contribution in [3.63, 3.8) is 0 Å². The molecule has 0 aliphatic rings. The minimum atomic E-state index is -0.565. The molecule has 1 aromatic heterocycles. The Morgan fingerprint density at radius 2 is 2.00 bits per heavy atom. The molecule has 0 saturated heterocycles. The van der Waals surface area contributed by atoms with Crippen LogP contribution >= 0.6 is 12.2 Å². The minimum absolute atomic E-state index is 0.0794. The molecule has 0 saturated carbocycles. The van der Waals surface area contributed by atoms with E-state index in [2.05, 4.69) is 10.3 Å². The first-order chi connectivity index (χ1) is 11.5. The summed E-state index contributed by atoms with van der Waals surface area (Å²) in [7, 11) is 1.64. The lowest BCUT2D eigenvalue weighted by atomic mass is 10.2. The van der Waals surface area contributed by atoms with Crippen molar-refractivity contribution in [2.45, 2.75) is 19.9 Å². The lowest BCUT2D eigenvalue weighted by Gasteiger charge is -2.23. The van der Waals surface area contributed by atoms with Gasteiger partial charge in [0.1, 0.15) is 11.5 Å². The molecule has 2 aromatic rings. The summed E-state index contributed by atoms with van der Waals surface area (Å²) in [5, 5.41) is 3.40. The van der Waals surface area contributed by atoms with Crippen molar-refractivity contribution in [1.82, 2.24) is 14.9 Å². The van der Waals surface area contributed by atoms with Crippen LogP contribution in [-0.4, -0.2) is 28.3 Å². The molecule has 0 spiro atoms. The molecule has 24 heavy (non-hydrogen) atoms. The fourth-order valence-corrected chi connectivity index (χ4v) is 2.47. The van der Waals surface area contributed by atoms with Gasteiger partial charge in [-0.05, 0) is 24.2 Å². The molecule has 0 atom stereocenters. The highest BCUT2D eigenvalue weighted by Crippen LogP contribution is 2.16. The van der Waals surface area contributed by atoms with Gasteiger partial charge in [0, 0.05) is 13.6 Å². The second-order valence-electron chi connectivity index (χ2n) is 5.36. The fraction of sp³-hybridized carbons (Fsp3) is 0.312. The van der Waals surface area contributed by atoms with Crippen molar-refractivity contribution in [1.29, 1.82) is 0 Å². The van der Waals surface area contributed by atoms with Crippen molar-refractivity contribution >= 4 is 28.8 Å². The van der Waals surface area contributed by atoms with E-state index < -0.39 is 11.2 Å². The van der Waals surface area contributed by atoms with Crippen LogP contribution < -0.4 is 27.2 Å². The zero-order valence-corrected chi connectivity index (χ0v) is 14.5. The summed E-state index contributed by atoms with van der Waals surface area (Å²) in [6.45, 7) is 2.96. The first-order valence-electron chi connectivity index (χ1n) is 7.63. The average molecular weight is 347 g/mol. The van der Waals surface area contributed by atoms with Crippen LogP contribution in [0, 0.1) is 0 Å². The van der Waals surface area contributed by atoms with Gasteiger partial charge in [-0.25, -0.2) is 4.79 Å². The second kappa shape index (κ2) is 7.78. The summed E-state index contributed by atoms with van der Waals surface area (Å²) in [6.07, 6.45) is 0.896. The van der Waals surface area contributed by atoms with Crippen LogP contribution in [0.5, 0.6) is 0 Å². The third-order valence-corrected chi connectivity index (χ3v) is 3.98. The fourth-order valence-electron chi connectivity index (χ4n) is 2.28. The smallest absolute Gasteiger partial charge is 0.330 e. The molecule has 0 bridgehead atoms.